The molecule has 0 saturated heterocycles. The third-order valence-corrected chi connectivity index (χ3v) is 4.45. The average molecular weight is 317 g/mol. The van der Waals surface area contributed by atoms with Crippen molar-refractivity contribution in [2.24, 2.45) is 0 Å². The highest BCUT2D eigenvalue weighted by Gasteiger charge is 2.18. The van der Waals surface area contributed by atoms with Crippen molar-refractivity contribution < 1.29 is 8.42 Å². The highest BCUT2D eigenvalue weighted by atomic mass is 35.5. The number of rotatable bonds is 3. The molecule has 2 aromatic carbocycles. The number of nitrogens with one attached hydrogen (secondary N) is 1. The maximum atomic E-state index is 12.1. The van der Waals surface area contributed by atoms with Crippen molar-refractivity contribution >= 4 is 44.6 Å². The van der Waals surface area contributed by atoms with Crippen LogP contribution in [0.5, 0.6) is 0 Å². The fraction of sp³-hybridized carbons (Fsp3) is 0. The van der Waals surface area contributed by atoms with E-state index in [0.717, 1.165) is 0 Å². The smallest absolute Gasteiger partial charge is 0.263 e. The van der Waals surface area contributed by atoms with Crippen molar-refractivity contribution in [2.45, 2.75) is 4.90 Å². The van der Waals surface area contributed by atoms with Gasteiger partial charge in [0.1, 0.15) is 4.90 Å². The molecule has 3 N–H and O–H groups in total. The van der Waals surface area contributed by atoms with Gasteiger partial charge in [-0.05, 0) is 42.5 Å². The third-order valence-electron chi connectivity index (χ3n) is 2.35. The number of anilines is 2. The molecule has 0 bridgehead atoms. The van der Waals surface area contributed by atoms with E-state index in [1.165, 1.54) is 18.2 Å². The number of sulfonamides is 1. The lowest BCUT2D eigenvalue weighted by atomic mass is 10.3. The van der Waals surface area contributed by atoms with Crippen LogP contribution in [-0.2, 0) is 10.0 Å². The molecule has 100 valence electrons. The van der Waals surface area contributed by atoms with E-state index in [1.54, 1.807) is 24.3 Å². The van der Waals surface area contributed by atoms with Gasteiger partial charge in [-0.25, -0.2) is 8.42 Å². The summed E-state index contributed by atoms with van der Waals surface area (Å²) in [4.78, 5) is -0.0320. The molecule has 7 heteroatoms. The average Bonchev–Trinajstić information content (AvgIpc) is 2.31. The predicted octanol–water partition coefficient (Wildman–Crippen LogP) is 3.38. The summed E-state index contributed by atoms with van der Waals surface area (Å²) in [5.41, 5.74) is 6.48. The molecule has 0 aromatic heterocycles. The fourth-order valence-electron chi connectivity index (χ4n) is 1.45. The van der Waals surface area contributed by atoms with E-state index < -0.39 is 10.0 Å². The zero-order chi connectivity index (χ0) is 14.0. The molecule has 0 spiro atoms. The van der Waals surface area contributed by atoms with Crippen LogP contribution in [0.15, 0.2) is 47.4 Å². The normalized spacial score (nSPS) is 11.3. The Hall–Kier alpha value is -1.43. The summed E-state index contributed by atoms with van der Waals surface area (Å²) in [6.07, 6.45) is 0. The SMILES string of the molecule is Nc1ccc(NS(=O)(=O)c2ccc(Cl)cc2Cl)cc1. The monoisotopic (exact) mass is 316 g/mol. The summed E-state index contributed by atoms with van der Waals surface area (Å²) in [6.45, 7) is 0. The van der Waals surface area contributed by atoms with E-state index in [2.05, 4.69) is 4.72 Å². The van der Waals surface area contributed by atoms with Gasteiger partial charge in [-0.2, -0.15) is 0 Å². The number of nitrogen functional groups attached to an aromatic ring is 1. The molecule has 19 heavy (non-hydrogen) atoms. The molecule has 0 saturated carbocycles. The topological polar surface area (TPSA) is 72.2 Å². The molecule has 4 nitrogen and oxygen atoms in total. The molecule has 0 heterocycles. The molecular formula is C12H10Cl2N2O2S. The van der Waals surface area contributed by atoms with Crippen LogP contribution < -0.4 is 10.5 Å². The van der Waals surface area contributed by atoms with Gasteiger partial charge in [0.25, 0.3) is 10.0 Å². The Morgan fingerprint density at radius 2 is 1.63 bits per heavy atom. The van der Waals surface area contributed by atoms with E-state index in [1.807, 2.05) is 0 Å². The van der Waals surface area contributed by atoms with E-state index in [4.69, 9.17) is 28.9 Å². The lowest BCUT2D eigenvalue weighted by Gasteiger charge is -2.09. The first kappa shape index (κ1) is 14.0. The van der Waals surface area contributed by atoms with Crippen molar-refractivity contribution in [1.82, 2.24) is 0 Å². The Morgan fingerprint density at radius 1 is 1.00 bits per heavy atom. The molecule has 0 aliphatic heterocycles. The molecule has 0 radical (unpaired) electrons. The van der Waals surface area contributed by atoms with Crippen molar-refractivity contribution in [3.63, 3.8) is 0 Å². The number of nitrogens with two attached hydrogens (primary N) is 1. The van der Waals surface area contributed by atoms with Crippen LogP contribution in [0.2, 0.25) is 10.0 Å². The minimum atomic E-state index is -3.76. The standard InChI is InChI=1S/C12H10Cl2N2O2S/c13-8-1-6-12(11(14)7-8)19(17,18)16-10-4-2-9(15)3-5-10/h1-7,16H,15H2. The van der Waals surface area contributed by atoms with E-state index in [-0.39, 0.29) is 9.92 Å². The highest BCUT2D eigenvalue weighted by molar-refractivity contribution is 7.92. The van der Waals surface area contributed by atoms with Crippen molar-refractivity contribution in [3.8, 4) is 0 Å². The molecule has 2 rings (SSSR count). The van der Waals surface area contributed by atoms with E-state index in [9.17, 15) is 8.42 Å². The fourth-order valence-corrected chi connectivity index (χ4v) is 3.29. The van der Waals surface area contributed by atoms with Crippen LogP contribution >= 0.6 is 23.2 Å². The van der Waals surface area contributed by atoms with E-state index in [0.29, 0.717) is 16.4 Å². The van der Waals surface area contributed by atoms with Crippen molar-refractivity contribution in [1.29, 1.82) is 0 Å². The summed E-state index contributed by atoms with van der Waals surface area (Å²) >= 11 is 11.6. The van der Waals surface area contributed by atoms with Gasteiger partial charge in [0.05, 0.1) is 5.02 Å². The van der Waals surface area contributed by atoms with Crippen LogP contribution in [-0.4, -0.2) is 8.42 Å². The summed E-state index contributed by atoms with van der Waals surface area (Å²) in [6, 6.07) is 10.5. The van der Waals surface area contributed by atoms with E-state index >= 15 is 0 Å². The van der Waals surface area contributed by atoms with Crippen molar-refractivity contribution in [3.05, 3.63) is 52.5 Å². The highest BCUT2D eigenvalue weighted by Crippen LogP contribution is 2.26. The summed E-state index contributed by atoms with van der Waals surface area (Å²) in [5.74, 6) is 0. The van der Waals surface area contributed by atoms with Crippen LogP contribution in [0.1, 0.15) is 0 Å². The quantitative estimate of drug-likeness (QED) is 0.853. The predicted molar refractivity (Wildman–Crippen MR) is 78.1 cm³/mol. The second-order valence-corrected chi connectivity index (χ2v) is 6.30. The second kappa shape index (κ2) is 5.28. The maximum absolute atomic E-state index is 12.1. The summed E-state index contributed by atoms with van der Waals surface area (Å²) in [7, 11) is -3.76. The Bertz CT molecular complexity index is 700. The minimum Gasteiger partial charge on any atom is -0.399 e. The molecule has 0 atom stereocenters. The van der Waals surface area contributed by atoms with Gasteiger partial charge >= 0.3 is 0 Å². The second-order valence-electron chi connectivity index (χ2n) is 3.80. The first-order valence-electron chi connectivity index (χ1n) is 5.22. The lowest BCUT2D eigenvalue weighted by molar-refractivity contribution is 0.601. The molecule has 0 fully saturated rings. The Balaban J connectivity index is 2.35. The summed E-state index contributed by atoms with van der Waals surface area (Å²) in [5, 5.41) is 0.437. The number of halogens is 2. The van der Waals surface area contributed by atoms with Crippen LogP contribution in [0.4, 0.5) is 11.4 Å². The Morgan fingerprint density at radius 3 is 2.21 bits per heavy atom. The number of benzene rings is 2. The number of hydrogen-bond acceptors (Lipinski definition) is 3. The zero-order valence-corrected chi connectivity index (χ0v) is 11.9. The Kier molecular flexibility index (Phi) is 3.89. The first-order valence-corrected chi connectivity index (χ1v) is 7.46. The summed E-state index contributed by atoms with van der Waals surface area (Å²) < 4.78 is 26.7. The molecule has 2 aromatic rings. The van der Waals surface area contributed by atoms with Gasteiger partial charge in [-0.15, -0.1) is 0 Å². The number of hydrogen-bond donors (Lipinski definition) is 2. The van der Waals surface area contributed by atoms with Gasteiger partial charge in [0.2, 0.25) is 0 Å². The van der Waals surface area contributed by atoms with Crippen LogP contribution in [0.3, 0.4) is 0 Å². The van der Waals surface area contributed by atoms with Gasteiger partial charge in [-0.1, -0.05) is 23.2 Å². The molecule has 0 aliphatic rings. The minimum absolute atomic E-state index is 0.0320. The van der Waals surface area contributed by atoms with Gasteiger partial charge in [0.15, 0.2) is 0 Å². The van der Waals surface area contributed by atoms with Crippen molar-refractivity contribution in [2.75, 3.05) is 10.5 Å². The molecule has 0 amide bonds. The molecular weight excluding hydrogens is 307 g/mol. The lowest BCUT2D eigenvalue weighted by Crippen LogP contribution is -2.13. The molecule has 0 aliphatic carbocycles. The first-order chi connectivity index (χ1) is 8.88. The van der Waals surface area contributed by atoms with Gasteiger partial charge < -0.3 is 5.73 Å². The van der Waals surface area contributed by atoms with Gasteiger partial charge in [0, 0.05) is 16.4 Å². The van der Waals surface area contributed by atoms with Crippen LogP contribution in [0, 0.1) is 0 Å². The largest absolute Gasteiger partial charge is 0.399 e. The third kappa shape index (κ3) is 3.32. The Labute approximate surface area is 121 Å². The zero-order valence-electron chi connectivity index (χ0n) is 9.60. The van der Waals surface area contributed by atoms with Crippen LogP contribution in [0.25, 0.3) is 0 Å². The maximum Gasteiger partial charge on any atom is 0.263 e. The molecule has 0 unspecified atom stereocenters. The van der Waals surface area contributed by atoms with Gasteiger partial charge in [-0.3, -0.25) is 4.72 Å².